The molecule has 0 aliphatic rings. The second kappa shape index (κ2) is 6.33. The van der Waals surface area contributed by atoms with Crippen molar-refractivity contribution in [3.05, 3.63) is 34.1 Å². The molecule has 16 heavy (non-hydrogen) atoms. The van der Waals surface area contributed by atoms with E-state index in [1.165, 1.54) is 6.07 Å². The number of halogens is 2. The standard InChI is InChI=1S/C12H18BrFN2/c1-16(2)4-3-12(15)7-9-5-10(13)8-11(14)6-9/h5-6,8,12H,3-4,7,15H2,1-2H3. The van der Waals surface area contributed by atoms with E-state index in [1.807, 2.05) is 20.2 Å². The number of benzene rings is 1. The lowest BCUT2D eigenvalue weighted by atomic mass is 10.0. The maximum absolute atomic E-state index is 13.1. The van der Waals surface area contributed by atoms with Crippen molar-refractivity contribution in [2.24, 2.45) is 5.73 Å². The van der Waals surface area contributed by atoms with Crippen LogP contribution in [0.15, 0.2) is 22.7 Å². The van der Waals surface area contributed by atoms with Crippen molar-refractivity contribution in [3.63, 3.8) is 0 Å². The molecule has 1 aromatic rings. The van der Waals surface area contributed by atoms with Crippen LogP contribution in [0.3, 0.4) is 0 Å². The van der Waals surface area contributed by atoms with Crippen molar-refractivity contribution in [1.82, 2.24) is 4.90 Å². The van der Waals surface area contributed by atoms with Crippen molar-refractivity contribution in [1.29, 1.82) is 0 Å². The van der Waals surface area contributed by atoms with Gasteiger partial charge in [-0.3, -0.25) is 0 Å². The van der Waals surface area contributed by atoms with Crippen molar-refractivity contribution < 1.29 is 4.39 Å². The molecule has 0 fully saturated rings. The summed E-state index contributed by atoms with van der Waals surface area (Å²) in [6.07, 6.45) is 1.63. The SMILES string of the molecule is CN(C)CCC(N)Cc1cc(F)cc(Br)c1. The Balaban J connectivity index is 2.52. The smallest absolute Gasteiger partial charge is 0.124 e. The molecule has 1 unspecified atom stereocenters. The molecule has 0 radical (unpaired) electrons. The monoisotopic (exact) mass is 288 g/mol. The fourth-order valence-corrected chi connectivity index (χ4v) is 2.07. The third-order valence-corrected chi connectivity index (χ3v) is 2.83. The fourth-order valence-electron chi connectivity index (χ4n) is 1.56. The van der Waals surface area contributed by atoms with Gasteiger partial charge in [0.25, 0.3) is 0 Å². The molecule has 0 aliphatic carbocycles. The summed E-state index contributed by atoms with van der Waals surface area (Å²) in [4.78, 5) is 2.10. The molecule has 1 aromatic carbocycles. The average molecular weight is 289 g/mol. The van der Waals surface area contributed by atoms with Crippen molar-refractivity contribution in [3.8, 4) is 0 Å². The molecule has 1 rings (SSSR count). The van der Waals surface area contributed by atoms with Crippen LogP contribution in [0.4, 0.5) is 4.39 Å². The third-order valence-electron chi connectivity index (χ3n) is 2.37. The van der Waals surface area contributed by atoms with Gasteiger partial charge in [-0.05, 0) is 57.2 Å². The van der Waals surface area contributed by atoms with Gasteiger partial charge in [0.15, 0.2) is 0 Å². The highest BCUT2D eigenvalue weighted by Crippen LogP contribution is 2.16. The van der Waals surface area contributed by atoms with Crippen LogP contribution in [-0.4, -0.2) is 31.6 Å². The molecule has 0 aliphatic heterocycles. The van der Waals surface area contributed by atoms with Crippen LogP contribution in [0.1, 0.15) is 12.0 Å². The molecule has 2 N–H and O–H groups in total. The summed E-state index contributed by atoms with van der Waals surface area (Å²) in [5.74, 6) is -0.218. The minimum absolute atomic E-state index is 0.0797. The molecule has 2 nitrogen and oxygen atoms in total. The first kappa shape index (κ1) is 13.6. The lowest BCUT2D eigenvalue weighted by Crippen LogP contribution is -2.28. The van der Waals surface area contributed by atoms with Gasteiger partial charge >= 0.3 is 0 Å². The van der Waals surface area contributed by atoms with E-state index in [0.717, 1.165) is 23.0 Å². The highest BCUT2D eigenvalue weighted by Gasteiger charge is 2.06. The van der Waals surface area contributed by atoms with Crippen LogP contribution in [0.25, 0.3) is 0 Å². The van der Waals surface area contributed by atoms with Gasteiger partial charge in [0.1, 0.15) is 5.82 Å². The quantitative estimate of drug-likeness (QED) is 0.902. The van der Waals surface area contributed by atoms with Gasteiger partial charge in [-0.25, -0.2) is 4.39 Å². The van der Waals surface area contributed by atoms with Gasteiger partial charge in [-0.2, -0.15) is 0 Å². The maximum atomic E-state index is 13.1. The van der Waals surface area contributed by atoms with Crippen LogP contribution in [-0.2, 0) is 6.42 Å². The van der Waals surface area contributed by atoms with Crippen molar-refractivity contribution in [2.45, 2.75) is 18.9 Å². The second-order valence-electron chi connectivity index (χ2n) is 4.33. The topological polar surface area (TPSA) is 29.3 Å². The highest BCUT2D eigenvalue weighted by molar-refractivity contribution is 9.10. The molecule has 0 heterocycles. The maximum Gasteiger partial charge on any atom is 0.124 e. The number of hydrogen-bond acceptors (Lipinski definition) is 2. The lowest BCUT2D eigenvalue weighted by molar-refractivity contribution is 0.379. The minimum atomic E-state index is -0.218. The molecule has 90 valence electrons. The van der Waals surface area contributed by atoms with Crippen LogP contribution in [0.5, 0.6) is 0 Å². The predicted octanol–water partition coefficient (Wildman–Crippen LogP) is 2.41. The summed E-state index contributed by atoms with van der Waals surface area (Å²) >= 11 is 3.28. The lowest BCUT2D eigenvalue weighted by Gasteiger charge is -2.15. The zero-order valence-corrected chi connectivity index (χ0v) is 11.3. The number of nitrogens with two attached hydrogens (primary N) is 1. The van der Waals surface area contributed by atoms with Gasteiger partial charge in [0.05, 0.1) is 0 Å². The summed E-state index contributed by atoms with van der Waals surface area (Å²) in [6.45, 7) is 0.956. The van der Waals surface area contributed by atoms with Crippen LogP contribution in [0, 0.1) is 5.82 Å². The first-order chi connectivity index (χ1) is 7.47. The molecule has 0 aromatic heterocycles. The zero-order chi connectivity index (χ0) is 12.1. The van der Waals surface area contributed by atoms with Crippen LogP contribution >= 0.6 is 15.9 Å². The molecule has 0 bridgehead atoms. The summed E-state index contributed by atoms with van der Waals surface area (Å²) < 4.78 is 13.9. The predicted molar refractivity (Wildman–Crippen MR) is 69.0 cm³/mol. The van der Waals surface area contributed by atoms with E-state index in [-0.39, 0.29) is 11.9 Å². The first-order valence-electron chi connectivity index (χ1n) is 5.32. The Morgan fingerprint density at radius 3 is 2.62 bits per heavy atom. The largest absolute Gasteiger partial charge is 0.327 e. The molecule has 4 heteroatoms. The summed E-state index contributed by atoms with van der Waals surface area (Å²) in [5, 5.41) is 0. The Bertz CT molecular complexity index is 322. The molecule has 1 atom stereocenters. The Hall–Kier alpha value is -0.450. The van der Waals surface area contributed by atoms with E-state index >= 15 is 0 Å². The second-order valence-corrected chi connectivity index (χ2v) is 5.25. The zero-order valence-electron chi connectivity index (χ0n) is 9.71. The molecular formula is C12H18BrFN2. The van der Waals surface area contributed by atoms with Gasteiger partial charge in [-0.15, -0.1) is 0 Å². The van der Waals surface area contributed by atoms with E-state index in [4.69, 9.17) is 5.73 Å². The number of rotatable bonds is 5. The molecule has 0 amide bonds. The average Bonchev–Trinajstić information content (AvgIpc) is 2.12. The van der Waals surface area contributed by atoms with E-state index in [2.05, 4.69) is 20.8 Å². The molecule has 0 saturated carbocycles. The van der Waals surface area contributed by atoms with Gasteiger partial charge < -0.3 is 10.6 Å². The highest BCUT2D eigenvalue weighted by atomic mass is 79.9. The van der Waals surface area contributed by atoms with Crippen LogP contribution in [0.2, 0.25) is 0 Å². The number of hydrogen-bond donors (Lipinski definition) is 1. The van der Waals surface area contributed by atoms with E-state index in [9.17, 15) is 4.39 Å². The van der Waals surface area contributed by atoms with Gasteiger partial charge in [0, 0.05) is 10.5 Å². The van der Waals surface area contributed by atoms with Crippen LogP contribution < -0.4 is 5.73 Å². The minimum Gasteiger partial charge on any atom is -0.327 e. The number of nitrogens with zero attached hydrogens (tertiary/aromatic N) is 1. The normalized spacial score (nSPS) is 13.1. The van der Waals surface area contributed by atoms with E-state index in [1.54, 1.807) is 6.07 Å². The Kier molecular flexibility index (Phi) is 5.38. The van der Waals surface area contributed by atoms with Gasteiger partial charge in [-0.1, -0.05) is 15.9 Å². The summed E-state index contributed by atoms with van der Waals surface area (Å²) in [6, 6.07) is 4.99. The Morgan fingerprint density at radius 1 is 1.38 bits per heavy atom. The molecule has 0 saturated heterocycles. The summed E-state index contributed by atoms with van der Waals surface area (Å²) in [7, 11) is 4.04. The molecular weight excluding hydrogens is 271 g/mol. The fraction of sp³-hybridized carbons (Fsp3) is 0.500. The Morgan fingerprint density at radius 2 is 2.06 bits per heavy atom. The summed E-state index contributed by atoms with van der Waals surface area (Å²) in [5.41, 5.74) is 6.93. The molecule has 0 spiro atoms. The Labute approximate surface area is 105 Å². The van der Waals surface area contributed by atoms with E-state index in [0.29, 0.717) is 6.42 Å². The van der Waals surface area contributed by atoms with Crippen molar-refractivity contribution >= 4 is 15.9 Å². The third kappa shape index (κ3) is 5.05. The first-order valence-corrected chi connectivity index (χ1v) is 6.12. The van der Waals surface area contributed by atoms with Gasteiger partial charge in [0.2, 0.25) is 0 Å². The van der Waals surface area contributed by atoms with E-state index < -0.39 is 0 Å². The van der Waals surface area contributed by atoms with Crippen molar-refractivity contribution in [2.75, 3.05) is 20.6 Å².